The predicted molar refractivity (Wildman–Crippen MR) is 49.9 cm³/mol. The van der Waals surface area contributed by atoms with Gasteiger partial charge in [0.1, 0.15) is 5.76 Å². The summed E-state index contributed by atoms with van der Waals surface area (Å²) < 4.78 is 10.5. The molecule has 0 N–H and O–H groups in total. The summed E-state index contributed by atoms with van der Waals surface area (Å²) in [7, 11) is 3.33. The maximum Gasteiger partial charge on any atom is 0.164 e. The van der Waals surface area contributed by atoms with Gasteiger partial charge < -0.3 is 9.47 Å². The second-order valence-electron chi connectivity index (χ2n) is 2.92. The summed E-state index contributed by atoms with van der Waals surface area (Å²) in [6.07, 6.45) is 0.823. The van der Waals surface area contributed by atoms with Gasteiger partial charge in [0.25, 0.3) is 0 Å². The van der Waals surface area contributed by atoms with Gasteiger partial charge in [-0.2, -0.15) is 0 Å². The van der Waals surface area contributed by atoms with Crippen molar-refractivity contribution in [2.45, 2.75) is 6.42 Å². The molecule has 1 aliphatic rings. The van der Waals surface area contributed by atoms with E-state index in [9.17, 15) is 0 Å². The number of ether oxygens (including phenoxy) is 2. The van der Waals surface area contributed by atoms with E-state index in [1.165, 1.54) is 5.56 Å². The van der Waals surface area contributed by atoms with Crippen LogP contribution in [0.2, 0.25) is 0 Å². The number of methoxy groups -OCH3 is 2. The Labute approximate surface area is 77.8 Å². The maximum absolute atomic E-state index is 5.28. The molecule has 0 fully saturated rings. The van der Waals surface area contributed by atoms with E-state index in [-0.39, 0.29) is 0 Å². The van der Waals surface area contributed by atoms with Crippen molar-refractivity contribution in [1.82, 2.24) is 0 Å². The van der Waals surface area contributed by atoms with Crippen LogP contribution in [0.15, 0.2) is 24.0 Å². The van der Waals surface area contributed by atoms with Crippen molar-refractivity contribution in [2.75, 3.05) is 14.2 Å². The van der Waals surface area contributed by atoms with Crippen molar-refractivity contribution in [3.8, 4) is 0 Å². The molecule has 13 heavy (non-hydrogen) atoms. The lowest BCUT2D eigenvalue weighted by Gasteiger charge is -2.04. The van der Waals surface area contributed by atoms with Crippen LogP contribution in [0.25, 0.3) is 5.76 Å². The van der Waals surface area contributed by atoms with Crippen LogP contribution >= 0.6 is 0 Å². The van der Waals surface area contributed by atoms with Crippen molar-refractivity contribution < 1.29 is 9.47 Å². The van der Waals surface area contributed by atoms with Gasteiger partial charge >= 0.3 is 0 Å². The Kier molecular flexibility index (Phi) is 1.97. The molecule has 0 amide bonds. The third kappa shape index (κ3) is 1.18. The van der Waals surface area contributed by atoms with Gasteiger partial charge in [-0.3, -0.25) is 0 Å². The van der Waals surface area contributed by atoms with E-state index < -0.39 is 0 Å². The van der Waals surface area contributed by atoms with Crippen LogP contribution in [-0.2, 0) is 15.9 Å². The fraction of sp³-hybridized carbons (Fsp3) is 0.273. The molecule has 1 aromatic carbocycles. The van der Waals surface area contributed by atoms with Crippen LogP contribution in [0.1, 0.15) is 11.1 Å². The topological polar surface area (TPSA) is 18.5 Å². The number of hydrogen-bond donors (Lipinski definition) is 0. The summed E-state index contributed by atoms with van der Waals surface area (Å²) in [5.74, 6) is 1.74. The van der Waals surface area contributed by atoms with E-state index in [0.29, 0.717) is 0 Å². The molecule has 0 aromatic heterocycles. The first kappa shape index (κ1) is 8.17. The monoisotopic (exact) mass is 175 g/mol. The van der Waals surface area contributed by atoms with Crippen molar-refractivity contribution >= 4 is 5.76 Å². The zero-order chi connectivity index (χ0) is 9.26. The summed E-state index contributed by atoms with van der Waals surface area (Å²) in [4.78, 5) is 0. The summed E-state index contributed by atoms with van der Waals surface area (Å²) in [5, 5.41) is 0. The number of fused-ring (bicyclic) bond motifs is 1. The van der Waals surface area contributed by atoms with Crippen LogP contribution in [0.5, 0.6) is 0 Å². The lowest BCUT2D eigenvalue weighted by Crippen LogP contribution is -1.89. The molecule has 1 radical (unpaired) electrons. The lowest BCUT2D eigenvalue weighted by atomic mass is 10.1. The van der Waals surface area contributed by atoms with E-state index in [1.54, 1.807) is 14.2 Å². The maximum atomic E-state index is 5.28. The minimum Gasteiger partial charge on any atom is -0.497 e. The van der Waals surface area contributed by atoms with Crippen LogP contribution < -0.4 is 0 Å². The summed E-state index contributed by atoms with van der Waals surface area (Å²) in [6, 6.07) is 8.91. The van der Waals surface area contributed by atoms with Crippen LogP contribution in [0.4, 0.5) is 0 Å². The highest BCUT2D eigenvalue weighted by molar-refractivity contribution is 5.70. The summed E-state index contributed by atoms with van der Waals surface area (Å²) in [5.41, 5.74) is 2.34. The first-order chi connectivity index (χ1) is 6.36. The van der Waals surface area contributed by atoms with Crippen LogP contribution in [0.3, 0.4) is 0 Å². The van der Waals surface area contributed by atoms with Crippen LogP contribution in [-0.4, -0.2) is 14.2 Å². The first-order valence-electron chi connectivity index (χ1n) is 4.17. The molecule has 2 nitrogen and oxygen atoms in total. The molecule has 0 heterocycles. The van der Waals surface area contributed by atoms with Gasteiger partial charge in [0.05, 0.1) is 14.2 Å². The molecule has 67 valence electrons. The second kappa shape index (κ2) is 3.13. The fourth-order valence-corrected chi connectivity index (χ4v) is 1.62. The average Bonchev–Trinajstić information content (AvgIpc) is 2.55. The Morgan fingerprint density at radius 1 is 1.31 bits per heavy atom. The summed E-state index contributed by atoms with van der Waals surface area (Å²) >= 11 is 0. The fourth-order valence-electron chi connectivity index (χ4n) is 1.62. The molecule has 2 heteroatoms. The smallest absolute Gasteiger partial charge is 0.164 e. The largest absolute Gasteiger partial charge is 0.497 e. The first-order valence-corrected chi connectivity index (χ1v) is 4.17. The molecule has 0 unspecified atom stereocenters. The van der Waals surface area contributed by atoms with Gasteiger partial charge in [0, 0.05) is 12.0 Å². The molecule has 1 aromatic rings. The van der Waals surface area contributed by atoms with Gasteiger partial charge in [-0.1, -0.05) is 12.1 Å². The Hall–Kier alpha value is -1.44. The molecule has 0 saturated carbocycles. The van der Waals surface area contributed by atoms with Crippen molar-refractivity contribution in [3.05, 3.63) is 41.2 Å². The molecule has 0 bridgehead atoms. The molecular weight excluding hydrogens is 164 g/mol. The van der Waals surface area contributed by atoms with Crippen molar-refractivity contribution in [1.29, 1.82) is 0 Å². The Balaban J connectivity index is 2.48. The SMILES string of the molecule is COC1=C(OC)c2c[c]ccc2C1. The molecule has 2 rings (SSSR count). The average molecular weight is 175 g/mol. The van der Waals surface area contributed by atoms with E-state index in [2.05, 4.69) is 6.07 Å². The third-order valence-electron chi connectivity index (χ3n) is 2.25. The predicted octanol–water partition coefficient (Wildman–Crippen LogP) is 2.00. The van der Waals surface area contributed by atoms with E-state index in [0.717, 1.165) is 23.5 Å². The van der Waals surface area contributed by atoms with Gasteiger partial charge in [-0.15, -0.1) is 0 Å². The van der Waals surface area contributed by atoms with Gasteiger partial charge in [-0.05, 0) is 17.7 Å². The summed E-state index contributed by atoms with van der Waals surface area (Å²) in [6.45, 7) is 0. The minimum absolute atomic E-state index is 0.823. The highest BCUT2D eigenvalue weighted by Gasteiger charge is 2.22. The normalized spacial score (nSPS) is 14.3. The quantitative estimate of drug-likeness (QED) is 0.684. The van der Waals surface area contributed by atoms with E-state index >= 15 is 0 Å². The van der Waals surface area contributed by atoms with E-state index in [1.807, 2.05) is 18.2 Å². The number of benzene rings is 1. The molecule has 0 aliphatic heterocycles. The van der Waals surface area contributed by atoms with Gasteiger partial charge in [0.15, 0.2) is 5.76 Å². The van der Waals surface area contributed by atoms with E-state index in [4.69, 9.17) is 9.47 Å². The van der Waals surface area contributed by atoms with Crippen molar-refractivity contribution in [2.24, 2.45) is 0 Å². The highest BCUT2D eigenvalue weighted by Crippen LogP contribution is 2.32. The Bertz CT molecular complexity index is 353. The lowest BCUT2D eigenvalue weighted by molar-refractivity contribution is 0.264. The standard InChI is InChI=1S/C11H11O2/c1-12-10-7-8-5-3-4-6-9(8)11(10)13-2/h3,5-6H,7H2,1-2H3. The molecule has 0 spiro atoms. The highest BCUT2D eigenvalue weighted by atomic mass is 16.5. The van der Waals surface area contributed by atoms with Crippen LogP contribution in [0, 0.1) is 6.07 Å². The molecule has 0 atom stereocenters. The third-order valence-corrected chi connectivity index (χ3v) is 2.25. The molecular formula is C11H11O2. The molecule has 1 aliphatic carbocycles. The molecule has 0 saturated heterocycles. The van der Waals surface area contributed by atoms with Crippen molar-refractivity contribution in [3.63, 3.8) is 0 Å². The van der Waals surface area contributed by atoms with Gasteiger partial charge in [-0.25, -0.2) is 0 Å². The Morgan fingerprint density at radius 2 is 2.15 bits per heavy atom. The number of allylic oxidation sites excluding steroid dienone is 1. The second-order valence-corrected chi connectivity index (χ2v) is 2.92. The van der Waals surface area contributed by atoms with Gasteiger partial charge in [0.2, 0.25) is 0 Å². The Morgan fingerprint density at radius 3 is 2.85 bits per heavy atom. The number of hydrogen-bond acceptors (Lipinski definition) is 2. The zero-order valence-corrected chi connectivity index (χ0v) is 7.76. The zero-order valence-electron chi connectivity index (χ0n) is 7.76. The minimum atomic E-state index is 0.823. The number of rotatable bonds is 2.